The standard InChI is InChI=1S/C10H13F2NO2S/c1-15-3-2-4-16(14)10-8(11)5-7(13)6-9(10)12/h5-6H,2-4,13H2,1H3. The third-order valence-corrected chi connectivity index (χ3v) is 3.43. The lowest BCUT2D eigenvalue weighted by Crippen LogP contribution is -2.06. The van der Waals surface area contributed by atoms with Crippen LogP contribution in [0.5, 0.6) is 0 Å². The fourth-order valence-corrected chi connectivity index (χ4v) is 2.37. The minimum atomic E-state index is -1.70. The summed E-state index contributed by atoms with van der Waals surface area (Å²) in [5.74, 6) is -1.58. The van der Waals surface area contributed by atoms with Crippen LogP contribution < -0.4 is 5.73 Å². The number of methoxy groups -OCH3 is 1. The van der Waals surface area contributed by atoms with Gasteiger partial charge < -0.3 is 10.5 Å². The van der Waals surface area contributed by atoms with Gasteiger partial charge >= 0.3 is 0 Å². The molecule has 1 aromatic rings. The summed E-state index contributed by atoms with van der Waals surface area (Å²) in [5, 5.41) is 0. The number of rotatable bonds is 5. The lowest BCUT2D eigenvalue weighted by molar-refractivity contribution is 0.200. The Labute approximate surface area is 95.0 Å². The van der Waals surface area contributed by atoms with E-state index in [-0.39, 0.29) is 11.4 Å². The summed E-state index contributed by atoms with van der Waals surface area (Å²) < 4.78 is 43.0. The molecule has 1 unspecified atom stereocenters. The predicted molar refractivity (Wildman–Crippen MR) is 58.5 cm³/mol. The Kier molecular flexibility index (Phi) is 4.82. The molecule has 16 heavy (non-hydrogen) atoms. The largest absolute Gasteiger partial charge is 0.399 e. The number of ether oxygens (including phenoxy) is 1. The van der Waals surface area contributed by atoms with Crippen LogP contribution in [0.2, 0.25) is 0 Å². The van der Waals surface area contributed by atoms with E-state index in [0.717, 1.165) is 12.1 Å². The van der Waals surface area contributed by atoms with Crippen molar-refractivity contribution in [2.75, 3.05) is 25.2 Å². The van der Waals surface area contributed by atoms with Gasteiger partial charge in [0.15, 0.2) is 0 Å². The van der Waals surface area contributed by atoms with Gasteiger partial charge in [-0.15, -0.1) is 0 Å². The molecule has 0 amide bonds. The minimum Gasteiger partial charge on any atom is -0.399 e. The van der Waals surface area contributed by atoms with Crippen molar-refractivity contribution in [3.8, 4) is 0 Å². The summed E-state index contributed by atoms with van der Waals surface area (Å²) in [6.07, 6.45) is 0.479. The number of hydrogen-bond acceptors (Lipinski definition) is 3. The van der Waals surface area contributed by atoms with Gasteiger partial charge in [0.2, 0.25) is 0 Å². The van der Waals surface area contributed by atoms with Gasteiger partial charge in [0.1, 0.15) is 16.5 Å². The van der Waals surface area contributed by atoms with E-state index in [9.17, 15) is 13.0 Å². The fraction of sp³-hybridized carbons (Fsp3) is 0.400. The molecule has 0 aliphatic carbocycles. The van der Waals surface area contributed by atoms with Crippen LogP contribution in [-0.2, 0) is 15.5 Å². The third-order valence-electron chi connectivity index (χ3n) is 1.93. The maximum atomic E-state index is 13.3. The van der Waals surface area contributed by atoms with E-state index in [1.807, 2.05) is 0 Å². The quantitative estimate of drug-likeness (QED) is 0.638. The number of hydrogen-bond donors (Lipinski definition) is 1. The van der Waals surface area contributed by atoms with Gasteiger partial charge in [-0.05, 0) is 18.6 Å². The lowest BCUT2D eigenvalue weighted by atomic mass is 10.3. The molecule has 1 atom stereocenters. The molecule has 1 aromatic carbocycles. The van der Waals surface area contributed by atoms with Crippen LogP contribution in [0.25, 0.3) is 0 Å². The van der Waals surface area contributed by atoms with E-state index in [0.29, 0.717) is 13.0 Å². The van der Waals surface area contributed by atoms with Crippen molar-refractivity contribution in [1.82, 2.24) is 0 Å². The van der Waals surface area contributed by atoms with Crippen LogP contribution in [0.4, 0.5) is 14.5 Å². The summed E-state index contributed by atoms with van der Waals surface area (Å²) in [5.41, 5.74) is 5.23. The van der Waals surface area contributed by atoms with Crippen LogP contribution in [0.15, 0.2) is 17.0 Å². The average molecular weight is 249 g/mol. The topological polar surface area (TPSA) is 52.3 Å². The zero-order chi connectivity index (χ0) is 12.1. The fourth-order valence-electron chi connectivity index (χ4n) is 1.23. The summed E-state index contributed by atoms with van der Waals surface area (Å²) in [4.78, 5) is -0.412. The van der Waals surface area contributed by atoms with Crippen LogP contribution in [0, 0.1) is 11.6 Å². The van der Waals surface area contributed by atoms with Gasteiger partial charge in [0, 0.05) is 25.2 Å². The van der Waals surface area contributed by atoms with Gasteiger partial charge in [0.05, 0.1) is 10.8 Å². The Balaban J connectivity index is 2.83. The molecule has 0 aromatic heterocycles. The monoisotopic (exact) mass is 249 g/mol. The highest BCUT2D eigenvalue weighted by molar-refractivity contribution is 7.85. The Morgan fingerprint density at radius 2 is 1.94 bits per heavy atom. The second kappa shape index (κ2) is 5.91. The van der Waals surface area contributed by atoms with Gasteiger partial charge in [-0.3, -0.25) is 4.21 Å². The SMILES string of the molecule is COCCCS(=O)c1c(F)cc(N)cc1F. The number of benzene rings is 1. The molecule has 0 aliphatic rings. The third kappa shape index (κ3) is 3.24. The maximum absolute atomic E-state index is 13.3. The number of nitrogens with two attached hydrogens (primary N) is 1. The second-order valence-electron chi connectivity index (χ2n) is 3.21. The van der Waals surface area contributed by atoms with Gasteiger partial charge in [-0.25, -0.2) is 8.78 Å². The van der Waals surface area contributed by atoms with E-state index in [1.165, 1.54) is 7.11 Å². The first-order chi connectivity index (χ1) is 7.56. The molecule has 0 fully saturated rings. The van der Waals surface area contributed by atoms with Crippen LogP contribution >= 0.6 is 0 Å². The number of nitrogen functional groups attached to an aromatic ring is 1. The Morgan fingerprint density at radius 3 is 2.44 bits per heavy atom. The highest BCUT2D eigenvalue weighted by atomic mass is 32.2. The number of halogens is 2. The molecule has 0 saturated carbocycles. The molecule has 2 N–H and O–H groups in total. The van der Waals surface area contributed by atoms with Gasteiger partial charge in [-0.2, -0.15) is 0 Å². The van der Waals surface area contributed by atoms with E-state index < -0.39 is 27.3 Å². The van der Waals surface area contributed by atoms with E-state index in [1.54, 1.807) is 0 Å². The molecule has 1 rings (SSSR count). The first kappa shape index (κ1) is 13.1. The van der Waals surface area contributed by atoms with Crippen LogP contribution in [0.1, 0.15) is 6.42 Å². The zero-order valence-corrected chi connectivity index (χ0v) is 9.65. The van der Waals surface area contributed by atoms with Crippen molar-refractivity contribution in [3.63, 3.8) is 0 Å². The second-order valence-corrected chi connectivity index (χ2v) is 4.72. The molecule has 0 radical (unpaired) electrons. The highest BCUT2D eigenvalue weighted by Crippen LogP contribution is 2.20. The van der Waals surface area contributed by atoms with E-state index in [4.69, 9.17) is 10.5 Å². The van der Waals surface area contributed by atoms with Crippen molar-refractivity contribution >= 4 is 16.5 Å². The molecule has 0 bridgehead atoms. The van der Waals surface area contributed by atoms with Gasteiger partial charge in [0.25, 0.3) is 0 Å². The molecular weight excluding hydrogens is 236 g/mol. The maximum Gasteiger partial charge on any atom is 0.144 e. The number of anilines is 1. The first-order valence-corrected chi connectivity index (χ1v) is 6.00. The summed E-state index contributed by atoms with van der Waals surface area (Å²) in [6.45, 7) is 0.407. The minimum absolute atomic E-state index is 0.0207. The molecule has 0 spiro atoms. The summed E-state index contributed by atoms with van der Waals surface area (Å²) in [7, 11) is -0.195. The molecule has 90 valence electrons. The summed E-state index contributed by atoms with van der Waals surface area (Å²) in [6, 6.07) is 1.93. The smallest absolute Gasteiger partial charge is 0.144 e. The average Bonchev–Trinajstić information content (AvgIpc) is 2.16. The van der Waals surface area contributed by atoms with E-state index >= 15 is 0 Å². The first-order valence-electron chi connectivity index (χ1n) is 4.68. The van der Waals surface area contributed by atoms with Crippen molar-refractivity contribution in [1.29, 1.82) is 0 Å². The molecule has 3 nitrogen and oxygen atoms in total. The molecule has 0 aliphatic heterocycles. The van der Waals surface area contributed by atoms with Gasteiger partial charge in [-0.1, -0.05) is 0 Å². The molecule has 6 heteroatoms. The van der Waals surface area contributed by atoms with E-state index in [2.05, 4.69) is 0 Å². The molecule has 0 saturated heterocycles. The van der Waals surface area contributed by atoms with Crippen LogP contribution in [-0.4, -0.2) is 23.7 Å². The Bertz CT molecular complexity index is 375. The molecular formula is C10H13F2NO2S. The van der Waals surface area contributed by atoms with Crippen molar-refractivity contribution < 1.29 is 17.7 Å². The lowest BCUT2D eigenvalue weighted by Gasteiger charge is -2.06. The zero-order valence-electron chi connectivity index (χ0n) is 8.83. The van der Waals surface area contributed by atoms with Crippen molar-refractivity contribution in [3.05, 3.63) is 23.8 Å². The summed E-state index contributed by atoms with van der Waals surface area (Å²) >= 11 is 0. The Hall–Kier alpha value is -1.01. The van der Waals surface area contributed by atoms with Crippen molar-refractivity contribution in [2.45, 2.75) is 11.3 Å². The van der Waals surface area contributed by atoms with Crippen LogP contribution in [0.3, 0.4) is 0 Å². The van der Waals surface area contributed by atoms with Crippen molar-refractivity contribution in [2.24, 2.45) is 0 Å². The predicted octanol–water partition coefficient (Wildman–Crippen LogP) is 1.69. The highest BCUT2D eigenvalue weighted by Gasteiger charge is 2.16. The molecule has 0 heterocycles. The normalized spacial score (nSPS) is 12.7. The Morgan fingerprint density at radius 1 is 1.38 bits per heavy atom.